The Morgan fingerprint density at radius 1 is 1.35 bits per heavy atom. The van der Waals surface area contributed by atoms with Gasteiger partial charge in [-0.15, -0.1) is 0 Å². The zero-order chi connectivity index (χ0) is 14.8. The van der Waals surface area contributed by atoms with Crippen molar-refractivity contribution >= 4 is 11.8 Å². The number of rotatable bonds is 2. The number of hydrogen-bond acceptors (Lipinski definition) is 3. The summed E-state index contributed by atoms with van der Waals surface area (Å²) in [6.07, 6.45) is 1.75. The van der Waals surface area contributed by atoms with Gasteiger partial charge in [-0.25, -0.2) is 4.79 Å². The second kappa shape index (κ2) is 4.19. The molecule has 0 aliphatic heterocycles. The van der Waals surface area contributed by atoms with E-state index in [1.165, 1.54) is 0 Å². The number of hydrogen-bond donors (Lipinski definition) is 0. The van der Waals surface area contributed by atoms with Crippen LogP contribution in [0.4, 0.5) is 0 Å². The molecule has 110 valence electrons. The fourth-order valence-electron chi connectivity index (χ4n) is 5.16. The first-order valence-electron chi connectivity index (χ1n) is 7.65. The number of ether oxygens (including phenoxy) is 1. The molecule has 3 nitrogen and oxygen atoms in total. The van der Waals surface area contributed by atoms with E-state index in [4.69, 9.17) is 4.74 Å². The molecule has 4 fully saturated rings. The SMILES string of the molecule is C=C(C)C(=O)OC1C2CC3C(=O)C1C(C)(C)C(C2)C3C. The number of Topliss-reactive ketones (excluding diaryl/α,β-unsaturated/α-hetero) is 1. The van der Waals surface area contributed by atoms with Gasteiger partial charge < -0.3 is 4.74 Å². The van der Waals surface area contributed by atoms with Crippen LogP contribution in [0.15, 0.2) is 12.2 Å². The lowest BCUT2D eigenvalue weighted by molar-refractivity contribution is -0.204. The Morgan fingerprint density at radius 2 is 2.00 bits per heavy atom. The van der Waals surface area contributed by atoms with Crippen molar-refractivity contribution in [3.8, 4) is 0 Å². The Hall–Kier alpha value is -1.12. The van der Waals surface area contributed by atoms with Crippen LogP contribution in [0.1, 0.15) is 40.5 Å². The molecule has 0 saturated heterocycles. The molecular weight excluding hydrogens is 252 g/mol. The first-order valence-corrected chi connectivity index (χ1v) is 7.65. The molecule has 0 aromatic heterocycles. The highest BCUT2D eigenvalue weighted by molar-refractivity contribution is 5.90. The van der Waals surface area contributed by atoms with Gasteiger partial charge in [-0.2, -0.15) is 0 Å². The Balaban J connectivity index is 1.94. The average Bonchev–Trinajstić information content (AvgIpc) is 2.35. The summed E-state index contributed by atoms with van der Waals surface area (Å²) in [6, 6.07) is 0. The van der Waals surface area contributed by atoms with Gasteiger partial charge in [-0.05, 0) is 42.9 Å². The smallest absolute Gasteiger partial charge is 0.333 e. The summed E-state index contributed by atoms with van der Waals surface area (Å²) in [5.74, 6) is 1.46. The summed E-state index contributed by atoms with van der Waals surface area (Å²) < 4.78 is 5.67. The van der Waals surface area contributed by atoms with Crippen molar-refractivity contribution in [2.24, 2.45) is 35.0 Å². The summed E-state index contributed by atoms with van der Waals surface area (Å²) in [4.78, 5) is 24.6. The topological polar surface area (TPSA) is 43.4 Å². The molecular formula is C17H24O3. The fraction of sp³-hybridized carbons (Fsp3) is 0.765. The van der Waals surface area contributed by atoms with Gasteiger partial charge in [0.25, 0.3) is 0 Å². The number of ketones is 1. The quantitative estimate of drug-likeness (QED) is 0.575. The lowest BCUT2D eigenvalue weighted by Crippen LogP contribution is -2.66. The molecule has 0 radical (unpaired) electrons. The largest absolute Gasteiger partial charge is 0.458 e. The Bertz CT molecular complexity index is 490. The maximum absolute atomic E-state index is 12.7. The van der Waals surface area contributed by atoms with Crippen molar-refractivity contribution in [2.75, 3.05) is 0 Å². The summed E-state index contributed by atoms with van der Waals surface area (Å²) in [5, 5.41) is 0. The molecule has 4 aliphatic carbocycles. The van der Waals surface area contributed by atoms with Crippen LogP contribution in [0.5, 0.6) is 0 Å². The second-order valence-electron chi connectivity index (χ2n) is 7.66. The lowest BCUT2D eigenvalue weighted by atomic mass is 9.42. The summed E-state index contributed by atoms with van der Waals surface area (Å²) in [5.41, 5.74) is 0.349. The van der Waals surface area contributed by atoms with Crippen LogP contribution in [0.25, 0.3) is 0 Å². The second-order valence-corrected chi connectivity index (χ2v) is 7.66. The Labute approximate surface area is 120 Å². The van der Waals surface area contributed by atoms with Crippen LogP contribution in [-0.4, -0.2) is 17.9 Å². The van der Waals surface area contributed by atoms with Crippen molar-refractivity contribution in [1.29, 1.82) is 0 Å². The molecule has 0 spiro atoms. The molecule has 0 N–H and O–H groups in total. The summed E-state index contributed by atoms with van der Waals surface area (Å²) in [6.45, 7) is 11.9. The van der Waals surface area contributed by atoms with Crippen LogP contribution in [-0.2, 0) is 14.3 Å². The highest BCUT2D eigenvalue weighted by Gasteiger charge is 2.65. The van der Waals surface area contributed by atoms with Gasteiger partial charge >= 0.3 is 5.97 Å². The van der Waals surface area contributed by atoms with E-state index in [1.807, 2.05) is 0 Å². The monoisotopic (exact) mass is 276 g/mol. The van der Waals surface area contributed by atoms with E-state index >= 15 is 0 Å². The van der Waals surface area contributed by atoms with Gasteiger partial charge in [-0.1, -0.05) is 27.4 Å². The first-order chi connectivity index (χ1) is 9.25. The van der Waals surface area contributed by atoms with Gasteiger partial charge in [0.2, 0.25) is 0 Å². The molecule has 4 rings (SSSR count). The van der Waals surface area contributed by atoms with Gasteiger partial charge in [0, 0.05) is 11.5 Å². The van der Waals surface area contributed by atoms with Crippen molar-refractivity contribution < 1.29 is 14.3 Å². The van der Waals surface area contributed by atoms with Gasteiger partial charge in [-0.3, -0.25) is 4.79 Å². The molecule has 20 heavy (non-hydrogen) atoms. The number of esters is 1. The van der Waals surface area contributed by atoms with Gasteiger partial charge in [0.1, 0.15) is 11.9 Å². The van der Waals surface area contributed by atoms with Crippen molar-refractivity contribution in [2.45, 2.75) is 46.6 Å². The minimum absolute atomic E-state index is 0.0655. The molecule has 0 aromatic rings. The van der Waals surface area contributed by atoms with E-state index in [0.29, 0.717) is 29.1 Å². The molecule has 0 aromatic carbocycles. The van der Waals surface area contributed by atoms with Gasteiger partial charge in [0.05, 0.1) is 5.92 Å². The zero-order valence-electron chi connectivity index (χ0n) is 12.8. The van der Waals surface area contributed by atoms with E-state index in [9.17, 15) is 9.59 Å². The van der Waals surface area contributed by atoms with Crippen LogP contribution in [0.3, 0.4) is 0 Å². The molecule has 4 saturated carbocycles. The standard InChI is InChI=1S/C17H24O3/c1-8(2)16(19)20-15-10-6-11-9(3)12(7-10)17(4,5)13(15)14(11)18/h9-13,15H,1,6-7H2,2-5H3. The van der Waals surface area contributed by atoms with E-state index in [1.54, 1.807) is 6.92 Å². The van der Waals surface area contributed by atoms with Crippen molar-refractivity contribution in [3.63, 3.8) is 0 Å². The Morgan fingerprint density at radius 3 is 2.60 bits per heavy atom. The fourth-order valence-corrected chi connectivity index (χ4v) is 5.16. The maximum atomic E-state index is 12.7. The van der Waals surface area contributed by atoms with E-state index < -0.39 is 0 Å². The van der Waals surface area contributed by atoms with Crippen molar-refractivity contribution in [1.82, 2.24) is 0 Å². The molecule has 3 heteroatoms. The molecule has 4 bridgehead atoms. The molecule has 4 aliphatic rings. The Kier molecular flexibility index (Phi) is 2.90. The zero-order valence-corrected chi connectivity index (χ0v) is 12.8. The number of carbonyl (C=O) groups is 2. The predicted octanol–water partition coefficient (Wildman–Crippen LogP) is 2.99. The molecule has 0 amide bonds. The molecule has 0 heterocycles. The van der Waals surface area contributed by atoms with Crippen LogP contribution >= 0.6 is 0 Å². The van der Waals surface area contributed by atoms with E-state index in [-0.39, 0.29) is 29.3 Å². The van der Waals surface area contributed by atoms with Crippen LogP contribution < -0.4 is 0 Å². The maximum Gasteiger partial charge on any atom is 0.333 e. The molecule has 6 atom stereocenters. The predicted molar refractivity (Wildman–Crippen MR) is 75.8 cm³/mol. The van der Waals surface area contributed by atoms with Gasteiger partial charge in [0.15, 0.2) is 0 Å². The average molecular weight is 276 g/mol. The summed E-state index contributed by atoms with van der Waals surface area (Å²) in [7, 11) is 0. The summed E-state index contributed by atoms with van der Waals surface area (Å²) >= 11 is 0. The first kappa shape index (κ1) is 13.8. The number of carbonyl (C=O) groups excluding carboxylic acids is 2. The third kappa shape index (κ3) is 1.64. The normalized spacial score (nSPS) is 44.5. The highest BCUT2D eigenvalue weighted by Crippen LogP contribution is 2.63. The minimum atomic E-state index is -0.348. The van der Waals surface area contributed by atoms with E-state index in [2.05, 4.69) is 27.4 Å². The van der Waals surface area contributed by atoms with Crippen LogP contribution in [0, 0.1) is 35.0 Å². The lowest BCUT2D eigenvalue weighted by Gasteiger charge is -2.63. The third-order valence-corrected chi connectivity index (χ3v) is 6.20. The van der Waals surface area contributed by atoms with Crippen LogP contribution in [0.2, 0.25) is 0 Å². The molecule has 6 unspecified atom stereocenters. The van der Waals surface area contributed by atoms with E-state index in [0.717, 1.165) is 12.8 Å². The third-order valence-electron chi connectivity index (χ3n) is 6.20. The minimum Gasteiger partial charge on any atom is -0.458 e. The van der Waals surface area contributed by atoms with Crippen molar-refractivity contribution in [3.05, 3.63) is 12.2 Å². The highest BCUT2D eigenvalue weighted by atomic mass is 16.5.